The molecule has 1 aliphatic heterocycles. The van der Waals surface area contributed by atoms with Crippen LogP contribution in [0.5, 0.6) is 0 Å². The number of ether oxygens (including phenoxy) is 2. The van der Waals surface area contributed by atoms with Crippen molar-refractivity contribution in [3.05, 3.63) is 0 Å². The van der Waals surface area contributed by atoms with E-state index in [1.54, 1.807) is 4.90 Å². The van der Waals surface area contributed by atoms with Crippen molar-refractivity contribution in [1.29, 1.82) is 0 Å². The van der Waals surface area contributed by atoms with Crippen LogP contribution in [0.25, 0.3) is 0 Å². The number of nitrogens with zero attached hydrogens (tertiary/aromatic N) is 1. The molecule has 1 atom stereocenters. The molecule has 0 unspecified atom stereocenters. The summed E-state index contributed by atoms with van der Waals surface area (Å²) in [5.74, 6) is -0.309. The van der Waals surface area contributed by atoms with Crippen LogP contribution in [0.2, 0.25) is 0 Å². The standard InChI is InChI=1S/C11H19NO4/c1-8(13)15-9-5-6-12(7-9)10(14)16-11(2,3)4/h9H,5-7H2,1-4H3/t9-/m0/s1. The Morgan fingerprint density at radius 3 is 2.44 bits per heavy atom. The second-order valence-corrected chi connectivity index (χ2v) is 4.95. The number of hydrogen-bond donors (Lipinski definition) is 0. The van der Waals surface area contributed by atoms with Crippen molar-refractivity contribution < 1.29 is 19.1 Å². The predicted octanol–water partition coefficient (Wildman–Crippen LogP) is 1.56. The molecule has 0 aromatic heterocycles. The van der Waals surface area contributed by atoms with Crippen molar-refractivity contribution in [2.24, 2.45) is 0 Å². The molecule has 5 heteroatoms. The van der Waals surface area contributed by atoms with Gasteiger partial charge in [-0.15, -0.1) is 0 Å². The predicted molar refractivity (Wildman–Crippen MR) is 58.0 cm³/mol. The molecule has 1 aliphatic rings. The molecule has 0 aromatic rings. The van der Waals surface area contributed by atoms with Crippen LogP contribution in [0.4, 0.5) is 4.79 Å². The highest BCUT2D eigenvalue weighted by Gasteiger charge is 2.31. The molecule has 0 radical (unpaired) electrons. The minimum absolute atomic E-state index is 0.190. The van der Waals surface area contributed by atoms with Crippen molar-refractivity contribution in [1.82, 2.24) is 4.90 Å². The number of carbonyl (C=O) groups excluding carboxylic acids is 2. The van der Waals surface area contributed by atoms with Crippen LogP contribution in [0.15, 0.2) is 0 Å². The lowest BCUT2D eigenvalue weighted by molar-refractivity contribution is -0.145. The van der Waals surface area contributed by atoms with Gasteiger partial charge in [0.05, 0.1) is 6.54 Å². The van der Waals surface area contributed by atoms with Gasteiger partial charge in [0.2, 0.25) is 0 Å². The largest absolute Gasteiger partial charge is 0.461 e. The van der Waals surface area contributed by atoms with Crippen molar-refractivity contribution in [3.63, 3.8) is 0 Å². The molecule has 5 nitrogen and oxygen atoms in total. The summed E-state index contributed by atoms with van der Waals surface area (Å²) in [4.78, 5) is 24.0. The summed E-state index contributed by atoms with van der Waals surface area (Å²) in [5.41, 5.74) is -0.489. The van der Waals surface area contributed by atoms with E-state index in [1.807, 2.05) is 20.8 Å². The molecule has 0 aromatic carbocycles. The van der Waals surface area contributed by atoms with Gasteiger partial charge in [0.25, 0.3) is 0 Å². The van der Waals surface area contributed by atoms with E-state index in [0.29, 0.717) is 19.5 Å². The Kier molecular flexibility index (Phi) is 3.78. The monoisotopic (exact) mass is 229 g/mol. The zero-order valence-electron chi connectivity index (χ0n) is 10.3. The van der Waals surface area contributed by atoms with E-state index in [2.05, 4.69) is 0 Å². The number of carbonyl (C=O) groups is 2. The summed E-state index contributed by atoms with van der Waals surface area (Å²) in [5, 5.41) is 0. The summed E-state index contributed by atoms with van der Waals surface area (Å²) in [6.45, 7) is 7.84. The van der Waals surface area contributed by atoms with Crippen molar-refractivity contribution in [2.45, 2.75) is 45.8 Å². The average Bonchev–Trinajstić information content (AvgIpc) is 2.48. The van der Waals surface area contributed by atoms with Gasteiger partial charge in [0.1, 0.15) is 11.7 Å². The maximum Gasteiger partial charge on any atom is 0.410 e. The highest BCUT2D eigenvalue weighted by molar-refractivity contribution is 5.69. The fraction of sp³-hybridized carbons (Fsp3) is 0.818. The van der Waals surface area contributed by atoms with Crippen LogP contribution in [0.1, 0.15) is 34.1 Å². The summed E-state index contributed by atoms with van der Waals surface area (Å²) in [7, 11) is 0. The minimum Gasteiger partial charge on any atom is -0.461 e. The number of amides is 1. The van der Waals surface area contributed by atoms with Crippen LogP contribution >= 0.6 is 0 Å². The van der Waals surface area contributed by atoms with Crippen LogP contribution in [0, 0.1) is 0 Å². The molecule has 92 valence electrons. The molecule has 16 heavy (non-hydrogen) atoms. The zero-order valence-corrected chi connectivity index (χ0v) is 10.3. The molecule has 1 amide bonds. The molecule has 1 saturated heterocycles. The lowest BCUT2D eigenvalue weighted by atomic mass is 10.2. The number of likely N-dealkylation sites (tertiary alicyclic amines) is 1. The third-order valence-electron chi connectivity index (χ3n) is 2.13. The van der Waals surface area contributed by atoms with Gasteiger partial charge in [0, 0.05) is 19.9 Å². The van der Waals surface area contributed by atoms with Gasteiger partial charge >= 0.3 is 12.1 Å². The first-order valence-corrected chi connectivity index (χ1v) is 5.43. The van der Waals surface area contributed by atoms with Gasteiger partial charge < -0.3 is 14.4 Å². The summed E-state index contributed by atoms with van der Waals surface area (Å²) < 4.78 is 10.3. The fourth-order valence-corrected chi connectivity index (χ4v) is 1.55. The molecule has 0 saturated carbocycles. The Balaban J connectivity index is 2.41. The average molecular weight is 229 g/mol. The number of hydrogen-bond acceptors (Lipinski definition) is 4. The van der Waals surface area contributed by atoms with Crippen molar-refractivity contribution in [2.75, 3.05) is 13.1 Å². The molecule has 0 bridgehead atoms. The van der Waals surface area contributed by atoms with E-state index in [9.17, 15) is 9.59 Å². The topological polar surface area (TPSA) is 55.8 Å². The molecular weight excluding hydrogens is 210 g/mol. The minimum atomic E-state index is -0.489. The van der Waals surface area contributed by atoms with Gasteiger partial charge in [-0.05, 0) is 20.8 Å². The van der Waals surface area contributed by atoms with Gasteiger partial charge in [0.15, 0.2) is 0 Å². The van der Waals surface area contributed by atoms with Crippen LogP contribution < -0.4 is 0 Å². The fourth-order valence-electron chi connectivity index (χ4n) is 1.55. The first-order valence-electron chi connectivity index (χ1n) is 5.43. The SMILES string of the molecule is CC(=O)O[C@H]1CCN(C(=O)OC(C)(C)C)C1. The number of rotatable bonds is 1. The van der Waals surface area contributed by atoms with Gasteiger partial charge in [-0.3, -0.25) is 4.79 Å². The van der Waals surface area contributed by atoms with Crippen LogP contribution in [-0.2, 0) is 14.3 Å². The van der Waals surface area contributed by atoms with Gasteiger partial charge in [-0.25, -0.2) is 4.79 Å². The summed E-state index contributed by atoms with van der Waals surface area (Å²) in [6, 6.07) is 0. The van der Waals surface area contributed by atoms with E-state index in [0.717, 1.165) is 0 Å². The summed E-state index contributed by atoms with van der Waals surface area (Å²) >= 11 is 0. The Morgan fingerprint density at radius 2 is 1.94 bits per heavy atom. The first kappa shape index (κ1) is 12.8. The third kappa shape index (κ3) is 4.08. The van der Waals surface area contributed by atoms with Gasteiger partial charge in [-0.1, -0.05) is 0 Å². The molecule has 1 heterocycles. The van der Waals surface area contributed by atoms with E-state index in [-0.39, 0.29) is 18.2 Å². The van der Waals surface area contributed by atoms with Crippen LogP contribution in [0.3, 0.4) is 0 Å². The first-order chi connectivity index (χ1) is 7.28. The molecular formula is C11H19NO4. The Bertz CT molecular complexity index is 282. The quantitative estimate of drug-likeness (QED) is 0.640. The lowest BCUT2D eigenvalue weighted by Crippen LogP contribution is -2.36. The third-order valence-corrected chi connectivity index (χ3v) is 2.13. The molecule has 0 aliphatic carbocycles. The smallest absolute Gasteiger partial charge is 0.410 e. The van der Waals surface area contributed by atoms with Crippen LogP contribution in [-0.4, -0.2) is 41.8 Å². The highest BCUT2D eigenvalue weighted by atomic mass is 16.6. The Morgan fingerprint density at radius 1 is 1.31 bits per heavy atom. The van der Waals surface area contributed by atoms with E-state index in [1.165, 1.54) is 6.92 Å². The van der Waals surface area contributed by atoms with Gasteiger partial charge in [-0.2, -0.15) is 0 Å². The second kappa shape index (κ2) is 4.72. The Labute approximate surface area is 95.7 Å². The van der Waals surface area contributed by atoms with Crippen molar-refractivity contribution in [3.8, 4) is 0 Å². The Hall–Kier alpha value is -1.26. The highest BCUT2D eigenvalue weighted by Crippen LogP contribution is 2.17. The number of esters is 1. The lowest BCUT2D eigenvalue weighted by Gasteiger charge is -2.24. The van der Waals surface area contributed by atoms with E-state index in [4.69, 9.17) is 9.47 Å². The maximum atomic E-state index is 11.7. The second-order valence-electron chi connectivity index (χ2n) is 4.95. The van der Waals surface area contributed by atoms with Crippen molar-refractivity contribution >= 4 is 12.1 Å². The van der Waals surface area contributed by atoms with E-state index < -0.39 is 5.60 Å². The molecule has 0 N–H and O–H groups in total. The normalized spacial score (nSPS) is 20.8. The summed E-state index contributed by atoms with van der Waals surface area (Å²) in [6.07, 6.45) is 0.144. The molecule has 0 spiro atoms. The molecule has 1 rings (SSSR count). The van der Waals surface area contributed by atoms with E-state index >= 15 is 0 Å². The maximum absolute atomic E-state index is 11.7. The molecule has 1 fully saturated rings. The zero-order chi connectivity index (χ0) is 12.3.